The minimum atomic E-state index is -3.59. The van der Waals surface area contributed by atoms with E-state index >= 15 is 0 Å². The topological polar surface area (TPSA) is 51.2 Å². The number of hydrogen-bond acceptors (Lipinski definition) is 4. The van der Waals surface area contributed by atoms with Crippen molar-refractivity contribution in [3.63, 3.8) is 0 Å². The SMILES string of the molecule is CC(C(=O)c1ccc(Cl)s1)S(=O)(=O)Cc1ccc(Cl)cc1. The molecule has 0 aliphatic carbocycles. The highest BCUT2D eigenvalue weighted by Gasteiger charge is 2.29. The van der Waals surface area contributed by atoms with E-state index in [1.807, 2.05) is 0 Å². The molecular weight excluding hydrogens is 351 g/mol. The highest BCUT2D eigenvalue weighted by atomic mass is 35.5. The van der Waals surface area contributed by atoms with Crippen LogP contribution in [0.2, 0.25) is 9.36 Å². The Bertz CT molecular complexity index is 749. The Morgan fingerprint density at radius 1 is 1.14 bits per heavy atom. The van der Waals surface area contributed by atoms with Gasteiger partial charge in [-0.3, -0.25) is 4.79 Å². The van der Waals surface area contributed by atoms with Gasteiger partial charge in [-0.05, 0) is 36.8 Å². The summed E-state index contributed by atoms with van der Waals surface area (Å²) in [5.41, 5.74) is 0.600. The first-order valence-electron chi connectivity index (χ1n) is 6.05. The lowest BCUT2D eigenvalue weighted by atomic mass is 10.2. The molecule has 0 amide bonds. The van der Waals surface area contributed by atoms with Gasteiger partial charge in [0.1, 0.15) is 5.25 Å². The minimum Gasteiger partial charge on any atom is -0.292 e. The number of Topliss-reactive ketones (excluding diaryl/α,β-unsaturated/α-hetero) is 1. The second-order valence-corrected chi connectivity index (χ2v) is 9.02. The van der Waals surface area contributed by atoms with E-state index in [0.29, 0.717) is 19.8 Å². The number of thiophene rings is 1. The first-order chi connectivity index (χ1) is 9.79. The molecule has 0 N–H and O–H groups in total. The van der Waals surface area contributed by atoms with E-state index in [-0.39, 0.29) is 5.75 Å². The van der Waals surface area contributed by atoms with Crippen LogP contribution in [0.15, 0.2) is 36.4 Å². The molecule has 1 aromatic carbocycles. The molecule has 0 aliphatic rings. The van der Waals surface area contributed by atoms with E-state index in [1.54, 1.807) is 36.4 Å². The first kappa shape index (κ1) is 16.5. The molecule has 0 bridgehead atoms. The molecule has 0 spiro atoms. The fourth-order valence-corrected chi connectivity index (χ4v) is 4.38. The summed E-state index contributed by atoms with van der Waals surface area (Å²) in [7, 11) is -3.59. The number of benzene rings is 1. The van der Waals surface area contributed by atoms with Gasteiger partial charge >= 0.3 is 0 Å². The fourth-order valence-electron chi connectivity index (χ4n) is 1.75. The second kappa shape index (κ2) is 6.48. The average molecular weight is 363 g/mol. The molecule has 7 heteroatoms. The molecule has 2 rings (SSSR count). The summed E-state index contributed by atoms with van der Waals surface area (Å²) in [4.78, 5) is 12.6. The predicted molar refractivity (Wildman–Crippen MR) is 87.2 cm³/mol. The van der Waals surface area contributed by atoms with Crippen LogP contribution >= 0.6 is 34.5 Å². The highest BCUT2D eigenvalue weighted by Crippen LogP contribution is 2.25. The lowest BCUT2D eigenvalue weighted by molar-refractivity contribution is 0.0995. The summed E-state index contributed by atoms with van der Waals surface area (Å²) in [6.45, 7) is 1.40. The van der Waals surface area contributed by atoms with Gasteiger partial charge in [-0.2, -0.15) is 0 Å². The van der Waals surface area contributed by atoms with Crippen molar-refractivity contribution in [3.05, 3.63) is 56.2 Å². The van der Waals surface area contributed by atoms with Crippen LogP contribution in [0.1, 0.15) is 22.2 Å². The number of ketones is 1. The molecule has 3 nitrogen and oxygen atoms in total. The predicted octanol–water partition coefficient (Wildman–Crippen LogP) is 4.24. The van der Waals surface area contributed by atoms with E-state index in [9.17, 15) is 13.2 Å². The molecule has 1 heterocycles. The van der Waals surface area contributed by atoms with Gasteiger partial charge in [0.2, 0.25) is 0 Å². The van der Waals surface area contributed by atoms with Crippen LogP contribution in [-0.2, 0) is 15.6 Å². The fraction of sp³-hybridized carbons (Fsp3) is 0.214. The monoisotopic (exact) mass is 362 g/mol. The van der Waals surface area contributed by atoms with Crippen LogP contribution in [0, 0.1) is 0 Å². The molecule has 0 saturated carbocycles. The zero-order valence-corrected chi connectivity index (χ0v) is 14.2. The van der Waals surface area contributed by atoms with E-state index in [2.05, 4.69) is 0 Å². The van der Waals surface area contributed by atoms with E-state index < -0.39 is 20.9 Å². The van der Waals surface area contributed by atoms with E-state index in [0.717, 1.165) is 11.3 Å². The number of rotatable bonds is 5. The van der Waals surface area contributed by atoms with Crippen molar-refractivity contribution in [2.45, 2.75) is 17.9 Å². The smallest absolute Gasteiger partial charge is 0.190 e. The van der Waals surface area contributed by atoms with Crippen LogP contribution < -0.4 is 0 Å². The summed E-state index contributed by atoms with van der Waals surface area (Å²) in [6, 6.07) is 9.65. The number of carbonyl (C=O) groups excluding carboxylic acids is 1. The van der Waals surface area contributed by atoms with Gasteiger partial charge in [0.25, 0.3) is 0 Å². The second-order valence-electron chi connectivity index (χ2n) is 4.54. The van der Waals surface area contributed by atoms with Gasteiger partial charge in [-0.1, -0.05) is 35.3 Å². The molecule has 2 aromatic rings. The van der Waals surface area contributed by atoms with Gasteiger partial charge in [-0.25, -0.2) is 8.42 Å². The van der Waals surface area contributed by atoms with Gasteiger partial charge in [0.05, 0.1) is 15.0 Å². The molecule has 0 aliphatic heterocycles. The van der Waals surface area contributed by atoms with Gasteiger partial charge in [0.15, 0.2) is 15.6 Å². The average Bonchev–Trinajstić information content (AvgIpc) is 2.86. The molecule has 1 atom stereocenters. The molecule has 0 radical (unpaired) electrons. The normalized spacial score (nSPS) is 13.1. The number of sulfone groups is 1. The van der Waals surface area contributed by atoms with Crippen molar-refractivity contribution in [1.29, 1.82) is 0 Å². The Labute approximate surface area is 137 Å². The maximum atomic E-state index is 12.3. The Morgan fingerprint density at radius 2 is 1.76 bits per heavy atom. The lowest BCUT2D eigenvalue weighted by Gasteiger charge is -2.11. The van der Waals surface area contributed by atoms with Gasteiger partial charge in [0, 0.05) is 5.02 Å². The van der Waals surface area contributed by atoms with Gasteiger partial charge in [-0.15, -0.1) is 11.3 Å². The van der Waals surface area contributed by atoms with Crippen molar-refractivity contribution in [3.8, 4) is 0 Å². The maximum absolute atomic E-state index is 12.3. The van der Waals surface area contributed by atoms with E-state index in [1.165, 1.54) is 6.92 Å². The minimum absolute atomic E-state index is 0.198. The molecular formula is C14H12Cl2O3S2. The number of hydrogen-bond donors (Lipinski definition) is 0. The third-order valence-electron chi connectivity index (χ3n) is 3.01. The summed E-state index contributed by atoms with van der Waals surface area (Å²) in [5.74, 6) is -0.628. The van der Waals surface area contributed by atoms with Crippen LogP contribution in [0.25, 0.3) is 0 Å². The summed E-state index contributed by atoms with van der Waals surface area (Å²) >= 11 is 12.6. The van der Waals surface area contributed by atoms with Crippen LogP contribution in [0.4, 0.5) is 0 Å². The zero-order valence-electron chi connectivity index (χ0n) is 11.0. The maximum Gasteiger partial charge on any atom is 0.190 e. The molecule has 0 saturated heterocycles. The van der Waals surface area contributed by atoms with Crippen molar-refractivity contribution in [1.82, 2.24) is 0 Å². The van der Waals surface area contributed by atoms with Crippen LogP contribution in [-0.4, -0.2) is 19.5 Å². The quantitative estimate of drug-likeness (QED) is 0.747. The van der Waals surface area contributed by atoms with Crippen LogP contribution in [0.5, 0.6) is 0 Å². The van der Waals surface area contributed by atoms with Crippen molar-refractivity contribution in [2.75, 3.05) is 0 Å². The summed E-state index contributed by atoms with van der Waals surface area (Å²) in [5, 5.41) is -0.573. The zero-order chi connectivity index (χ0) is 15.6. The van der Waals surface area contributed by atoms with Gasteiger partial charge < -0.3 is 0 Å². The standard InChI is InChI=1S/C14H12Cl2O3S2/c1-9(14(17)12-6-7-13(16)20-12)21(18,19)8-10-2-4-11(15)5-3-10/h2-7,9H,8H2,1H3. The third kappa shape index (κ3) is 4.07. The number of halogens is 2. The van der Waals surface area contributed by atoms with Crippen molar-refractivity contribution in [2.24, 2.45) is 0 Å². The van der Waals surface area contributed by atoms with Crippen LogP contribution in [0.3, 0.4) is 0 Å². The molecule has 1 aromatic heterocycles. The third-order valence-corrected chi connectivity index (χ3v) is 6.53. The lowest BCUT2D eigenvalue weighted by Crippen LogP contribution is -2.28. The molecule has 21 heavy (non-hydrogen) atoms. The van der Waals surface area contributed by atoms with Crippen molar-refractivity contribution < 1.29 is 13.2 Å². The van der Waals surface area contributed by atoms with E-state index in [4.69, 9.17) is 23.2 Å². The summed E-state index contributed by atoms with van der Waals surface area (Å²) in [6.07, 6.45) is 0. The van der Waals surface area contributed by atoms with Crippen molar-refractivity contribution >= 4 is 50.2 Å². The highest BCUT2D eigenvalue weighted by molar-refractivity contribution is 7.92. The number of carbonyl (C=O) groups is 1. The Hall–Kier alpha value is -0.880. The molecule has 0 fully saturated rings. The summed E-state index contributed by atoms with van der Waals surface area (Å²) < 4.78 is 25.1. The largest absolute Gasteiger partial charge is 0.292 e. The Balaban J connectivity index is 2.18. The first-order valence-corrected chi connectivity index (χ1v) is 9.34. The molecule has 112 valence electrons. The Kier molecular flexibility index (Phi) is 5.09. The Morgan fingerprint density at radius 3 is 2.29 bits per heavy atom. The molecule has 1 unspecified atom stereocenters.